The molecule has 1 amide bonds. The van der Waals surface area contributed by atoms with Crippen LogP contribution in [0.15, 0.2) is 58.3 Å². The van der Waals surface area contributed by atoms with Crippen LogP contribution in [0.4, 0.5) is 5.69 Å². The molecule has 0 aliphatic heterocycles. The van der Waals surface area contributed by atoms with Crippen molar-refractivity contribution in [2.45, 2.75) is 22.0 Å². The molecule has 2 rings (SSSR count). The van der Waals surface area contributed by atoms with Crippen molar-refractivity contribution in [1.29, 1.82) is 0 Å². The zero-order valence-electron chi connectivity index (χ0n) is 15.1. The second kappa shape index (κ2) is 8.57. The average Bonchev–Trinajstić information content (AvgIpc) is 2.62. The summed E-state index contributed by atoms with van der Waals surface area (Å²) in [5.41, 5.74) is 0.400. The third-order valence-corrected chi connectivity index (χ3v) is 6.56. The first kappa shape index (κ1) is 20.3. The van der Waals surface area contributed by atoms with Crippen LogP contribution < -0.4 is 10.1 Å². The largest absolute Gasteiger partial charge is 0.495 e. The van der Waals surface area contributed by atoms with Crippen molar-refractivity contribution >= 4 is 33.4 Å². The molecular formula is C18H22N2O4S2. The number of hydrogen-bond donors (Lipinski definition) is 1. The highest BCUT2D eigenvalue weighted by Crippen LogP contribution is 2.29. The van der Waals surface area contributed by atoms with E-state index in [0.29, 0.717) is 5.69 Å². The van der Waals surface area contributed by atoms with Crippen LogP contribution in [-0.2, 0) is 14.8 Å². The number of nitrogens with one attached hydrogen (secondary N) is 1. The van der Waals surface area contributed by atoms with Crippen molar-refractivity contribution in [1.82, 2.24) is 4.31 Å². The smallest absolute Gasteiger partial charge is 0.246 e. The van der Waals surface area contributed by atoms with E-state index in [1.165, 1.54) is 45.1 Å². The van der Waals surface area contributed by atoms with Crippen LogP contribution in [0.5, 0.6) is 5.75 Å². The van der Waals surface area contributed by atoms with Crippen LogP contribution in [-0.4, -0.2) is 45.1 Å². The van der Waals surface area contributed by atoms with Crippen LogP contribution in [0.2, 0.25) is 0 Å². The van der Waals surface area contributed by atoms with Gasteiger partial charge in [-0.05, 0) is 37.3 Å². The quantitative estimate of drug-likeness (QED) is 0.731. The van der Waals surface area contributed by atoms with Crippen molar-refractivity contribution in [3.8, 4) is 5.75 Å². The van der Waals surface area contributed by atoms with Crippen LogP contribution in [0.1, 0.15) is 6.92 Å². The van der Waals surface area contributed by atoms with Gasteiger partial charge in [0, 0.05) is 24.7 Å². The SMILES string of the molecule is COc1ccc(NC(=O)[C@@H](C)Sc2ccccc2)cc1S(=O)(=O)N(C)C. The lowest BCUT2D eigenvalue weighted by molar-refractivity contribution is -0.115. The minimum atomic E-state index is -3.69. The highest BCUT2D eigenvalue weighted by Gasteiger charge is 2.23. The van der Waals surface area contributed by atoms with Crippen LogP contribution in [0.3, 0.4) is 0 Å². The Hall–Kier alpha value is -2.03. The molecule has 1 atom stereocenters. The molecule has 0 radical (unpaired) electrons. The van der Waals surface area contributed by atoms with E-state index in [1.54, 1.807) is 13.0 Å². The normalized spacial score (nSPS) is 12.7. The molecule has 0 saturated heterocycles. The Morgan fingerprint density at radius 1 is 1.15 bits per heavy atom. The number of thioether (sulfide) groups is 1. The average molecular weight is 395 g/mol. The standard InChI is InChI=1S/C18H22N2O4S2/c1-13(25-15-8-6-5-7-9-15)18(21)19-14-10-11-16(24-4)17(12-14)26(22,23)20(2)3/h5-13H,1-4H3,(H,19,21)/t13-/m1/s1. The Morgan fingerprint density at radius 3 is 2.38 bits per heavy atom. The molecule has 140 valence electrons. The lowest BCUT2D eigenvalue weighted by Gasteiger charge is -2.17. The van der Waals surface area contributed by atoms with Crippen molar-refractivity contribution in [2.75, 3.05) is 26.5 Å². The Kier molecular flexibility index (Phi) is 6.69. The van der Waals surface area contributed by atoms with Gasteiger partial charge in [-0.3, -0.25) is 4.79 Å². The fraction of sp³-hybridized carbons (Fsp3) is 0.278. The molecule has 0 aliphatic rings. The summed E-state index contributed by atoms with van der Waals surface area (Å²) in [6, 6.07) is 14.2. The molecule has 1 N–H and O–H groups in total. The maximum atomic E-state index is 12.5. The Balaban J connectivity index is 2.20. The fourth-order valence-corrected chi connectivity index (χ4v) is 4.12. The number of carbonyl (C=O) groups excluding carboxylic acids is 1. The van der Waals surface area contributed by atoms with E-state index in [-0.39, 0.29) is 21.8 Å². The maximum Gasteiger partial charge on any atom is 0.246 e. The number of carbonyl (C=O) groups is 1. The number of rotatable bonds is 7. The van der Waals surface area contributed by atoms with Crippen LogP contribution >= 0.6 is 11.8 Å². The summed E-state index contributed by atoms with van der Waals surface area (Å²) in [7, 11) is 0.595. The van der Waals surface area contributed by atoms with E-state index in [0.717, 1.165) is 9.20 Å². The summed E-state index contributed by atoms with van der Waals surface area (Å²) < 4.78 is 31.2. The molecule has 0 bridgehead atoms. The third kappa shape index (κ3) is 4.78. The molecule has 6 nitrogen and oxygen atoms in total. The number of ether oxygens (including phenoxy) is 1. The molecule has 2 aromatic rings. The summed E-state index contributed by atoms with van der Waals surface area (Å²) in [5, 5.41) is 2.43. The van der Waals surface area contributed by atoms with Gasteiger partial charge in [-0.25, -0.2) is 12.7 Å². The number of anilines is 1. The van der Waals surface area contributed by atoms with Gasteiger partial charge >= 0.3 is 0 Å². The van der Waals surface area contributed by atoms with Crippen molar-refractivity contribution in [3.63, 3.8) is 0 Å². The summed E-state index contributed by atoms with van der Waals surface area (Å²) in [5.74, 6) is 0.0145. The Morgan fingerprint density at radius 2 is 1.81 bits per heavy atom. The van der Waals surface area contributed by atoms with Gasteiger partial charge < -0.3 is 10.1 Å². The number of hydrogen-bond acceptors (Lipinski definition) is 5. The molecule has 0 spiro atoms. The summed E-state index contributed by atoms with van der Waals surface area (Å²) in [6.45, 7) is 1.80. The number of methoxy groups -OCH3 is 1. The van der Waals surface area contributed by atoms with E-state index in [4.69, 9.17) is 4.74 Å². The molecule has 0 aliphatic carbocycles. The van der Waals surface area contributed by atoms with E-state index < -0.39 is 10.0 Å². The van der Waals surface area contributed by atoms with Crippen LogP contribution in [0, 0.1) is 0 Å². The Labute approximate surface area is 158 Å². The molecule has 0 fully saturated rings. The molecule has 2 aromatic carbocycles. The topological polar surface area (TPSA) is 75.7 Å². The number of benzene rings is 2. The van der Waals surface area contributed by atoms with Crippen LogP contribution in [0.25, 0.3) is 0 Å². The molecular weight excluding hydrogens is 372 g/mol. The Bertz CT molecular complexity index is 868. The first-order valence-corrected chi connectivity index (χ1v) is 10.2. The van der Waals surface area contributed by atoms with Gasteiger partial charge in [0.05, 0.1) is 12.4 Å². The van der Waals surface area contributed by atoms with Crippen molar-refractivity contribution < 1.29 is 17.9 Å². The summed E-state index contributed by atoms with van der Waals surface area (Å²) in [6.07, 6.45) is 0. The van der Waals surface area contributed by atoms with Gasteiger partial charge in [0.2, 0.25) is 15.9 Å². The molecule has 8 heteroatoms. The predicted molar refractivity (Wildman–Crippen MR) is 104 cm³/mol. The maximum absolute atomic E-state index is 12.5. The van der Waals surface area contributed by atoms with Crippen molar-refractivity contribution in [3.05, 3.63) is 48.5 Å². The van der Waals surface area contributed by atoms with E-state index in [9.17, 15) is 13.2 Å². The van der Waals surface area contributed by atoms with Gasteiger partial charge in [0.15, 0.2) is 0 Å². The van der Waals surface area contributed by atoms with Gasteiger partial charge in [0.25, 0.3) is 0 Å². The zero-order valence-corrected chi connectivity index (χ0v) is 16.7. The number of sulfonamides is 1. The lowest BCUT2D eigenvalue weighted by Crippen LogP contribution is -2.24. The molecule has 26 heavy (non-hydrogen) atoms. The highest BCUT2D eigenvalue weighted by molar-refractivity contribution is 8.00. The molecule has 0 heterocycles. The first-order valence-electron chi connectivity index (χ1n) is 7.89. The highest BCUT2D eigenvalue weighted by atomic mass is 32.2. The molecule has 0 saturated carbocycles. The van der Waals surface area contributed by atoms with Gasteiger partial charge in [0.1, 0.15) is 10.6 Å². The second-order valence-electron chi connectivity index (χ2n) is 5.72. The second-order valence-corrected chi connectivity index (χ2v) is 9.25. The minimum Gasteiger partial charge on any atom is -0.495 e. The molecule has 0 unspecified atom stereocenters. The number of amides is 1. The van der Waals surface area contributed by atoms with Gasteiger partial charge in [-0.15, -0.1) is 11.8 Å². The first-order chi connectivity index (χ1) is 12.3. The third-order valence-electron chi connectivity index (χ3n) is 3.62. The van der Waals surface area contributed by atoms with E-state index in [1.807, 2.05) is 30.3 Å². The fourth-order valence-electron chi connectivity index (χ4n) is 2.15. The van der Waals surface area contributed by atoms with E-state index in [2.05, 4.69) is 5.32 Å². The lowest BCUT2D eigenvalue weighted by atomic mass is 10.3. The van der Waals surface area contributed by atoms with E-state index >= 15 is 0 Å². The molecule has 0 aromatic heterocycles. The minimum absolute atomic E-state index is 0.00571. The summed E-state index contributed by atoms with van der Waals surface area (Å²) >= 11 is 1.43. The van der Waals surface area contributed by atoms with Crippen molar-refractivity contribution in [2.24, 2.45) is 0 Å². The summed E-state index contributed by atoms with van der Waals surface area (Å²) in [4.78, 5) is 13.4. The monoisotopic (exact) mass is 394 g/mol. The van der Waals surface area contributed by atoms with Gasteiger partial charge in [-0.2, -0.15) is 0 Å². The van der Waals surface area contributed by atoms with Gasteiger partial charge in [-0.1, -0.05) is 18.2 Å². The number of nitrogens with zero attached hydrogens (tertiary/aromatic N) is 1. The zero-order chi connectivity index (χ0) is 19.3. The predicted octanol–water partition coefficient (Wildman–Crippen LogP) is 3.06.